The van der Waals surface area contributed by atoms with Crippen molar-refractivity contribution in [3.05, 3.63) is 0 Å². The highest BCUT2D eigenvalue weighted by molar-refractivity contribution is 5.85. The van der Waals surface area contributed by atoms with Gasteiger partial charge >= 0.3 is 0 Å². The number of rotatable bonds is 1. The number of carbonyl (C=O) groups excluding carboxylic acids is 1. The molecule has 1 spiro atoms. The average Bonchev–Trinajstić information content (AvgIpc) is 2.82. The number of carbonyl (C=O) groups is 1. The third-order valence-electron chi connectivity index (χ3n) is 5.63. The van der Waals surface area contributed by atoms with Gasteiger partial charge in [0.05, 0.1) is 13.2 Å². The van der Waals surface area contributed by atoms with Crippen molar-refractivity contribution in [1.82, 2.24) is 0 Å². The molecule has 3 atom stereocenters. The molecule has 3 aliphatic rings. The molecular formula is C15H24O3. The van der Waals surface area contributed by atoms with Crippen LogP contribution in [0.3, 0.4) is 0 Å². The number of fused-ring (bicyclic) bond motifs is 1. The number of hydrogen-bond donors (Lipinski definition) is 0. The standard InChI is InChI=1S/C15H24O3/c1-3-11-12-5-4-6-13(16)14(12,2)7-8-15(11)17-9-10-18-15/h11-12H,3-10H2,1-2H3/t11-,12-,14-/m0/s1. The predicted molar refractivity (Wildman–Crippen MR) is 68.1 cm³/mol. The van der Waals surface area contributed by atoms with Gasteiger partial charge in [-0.25, -0.2) is 0 Å². The summed E-state index contributed by atoms with van der Waals surface area (Å²) in [6, 6.07) is 0. The summed E-state index contributed by atoms with van der Waals surface area (Å²) < 4.78 is 12.0. The molecule has 1 aliphatic heterocycles. The second-order valence-electron chi connectivity index (χ2n) is 6.36. The van der Waals surface area contributed by atoms with Crippen LogP contribution in [-0.4, -0.2) is 24.8 Å². The molecule has 1 saturated heterocycles. The van der Waals surface area contributed by atoms with Crippen LogP contribution in [0.5, 0.6) is 0 Å². The number of hydrogen-bond acceptors (Lipinski definition) is 3. The molecule has 2 saturated carbocycles. The van der Waals surface area contributed by atoms with Gasteiger partial charge in [0.2, 0.25) is 0 Å². The minimum Gasteiger partial charge on any atom is -0.347 e. The van der Waals surface area contributed by atoms with Gasteiger partial charge in [0.1, 0.15) is 5.78 Å². The fourth-order valence-electron chi connectivity index (χ4n) is 4.61. The van der Waals surface area contributed by atoms with E-state index in [4.69, 9.17) is 9.47 Å². The minimum absolute atomic E-state index is 0.112. The molecule has 0 aromatic rings. The van der Waals surface area contributed by atoms with E-state index in [1.807, 2.05) is 0 Å². The Kier molecular flexibility index (Phi) is 3.02. The van der Waals surface area contributed by atoms with Gasteiger partial charge in [0, 0.05) is 24.2 Å². The molecule has 0 aromatic carbocycles. The molecule has 102 valence electrons. The molecule has 0 unspecified atom stereocenters. The average molecular weight is 252 g/mol. The number of Topliss-reactive ketones (excluding diaryl/α,β-unsaturated/α-hetero) is 1. The van der Waals surface area contributed by atoms with Crippen molar-refractivity contribution in [3.63, 3.8) is 0 Å². The van der Waals surface area contributed by atoms with Crippen LogP contribution < -0.4 is 0 Å². The summed E-state index contributed by atoms with van der Waals surface area (Å²) in [6.07, 6.45) is 5.86. The van der Waals surface area contributed by atoms with Crippen LogP contribution >= 0.6 is 0 Å². The monoisotopic (exact) mass is 252 g/mol. The first-order chi connectivity index (χ1) is 8.62. The molecule has 0 bridgehead atoms. The molecule has 1 heterocycles. The first kappa shape index (κ1) is 12.6. The lowest BCUT2D eigenvalue weighted by molar-refractivity contribution is -0.247. The van der Waals surface area contributed by atoms with E-state index in [0.29, 0.717) is 30.8 Å². The SMILES string of the molecule is CC[C@H]1[C@@H]2CCCC(=O)[C@@]2(C)CCC12OCCO2. The van der Waals surface area contributed by atoms with Gasteiger partial charge in [-0.05, 0) is 31.6 Å². The minimum atomic E-state index is -0.365. The molecule has 3 fully saturated rings. The summed E-state index contributed by atoms with van der Waals surface area (Å²) in [6.45, 7) is 5.83. The van der Waals surface area contributed by atoms with E-state index in [1.54, 1.807) is 0 Å². The van der Waals surface area contributed by atoms with Crippen LogP contribution in [0.2, 0.25) is 0 Å². The highest BCUT2D eigenvalue weighted by Crippen LogP contribution is 2.57. The van der Waals surface area contributed by atoms with E-state index >= 15 is 0 Å². The zero-order valence-corrected chi connectivity index (χ0v) is 11.5. The first-order valence-corrected chi connectivity index (χ1v) is 7.43. The van der Waals surface area contributed by atoms with E-state index in [0.717, 1.165) is 38.5 Å². The quantitative estimate of drug-likeness (QED) is 0.720. The largest absolute Gasteiger partial charge is 0.347 e. The molecule has 2 aliphatic carbocycles. The lowest BCUT2D eigenvalue weighted by atomic mass is 9.54. The zero-order chi connectivity index (χ0) is 12.8. The van der Waals surface area contributed by atoms with E-state index in [9.17, 15) is 4.79 Å². The van der Waals surface area contributed by atoms with E-state index in [1.165, 1.54) is 0 Å². The Bertz CT molecular complexity index is 346. The van der Waals surface area contributed by atoms with Crippen molar-refractivity contribution in [3.8, 4) is 0 Å². The van der Waals surface area contributed by atoms with Crippen LogP contribution in [-0.2, 0) is 14.3 Å². The Balaban J connectivity index is 1.93. The molecule has 0 radical (unpaired) electrons. The lowest BCUT2D eigenvalue weighted by Gasteiger charge is -2.54. The summed E-state index contributed by atoms with van der Waals surface area (Å²) in [7, 11) is 0. The highest BCUT2D eigenvalue weighted by atomic mass is 16.7. The number of ether oxygens (including phenoxy) is 2. The number of ketones is 1. The van der Waals surface area contributed by atoms with E-state index in [-0.39, 0.29) is 11.2 Å². The molecule has 3 rings (SSSR count). The topological polar surface area (TPSA) is 35.5 Å². The van der Waals surface area contributed by atoms with Crippen molar-refractivity contribution < 1.29 is 14.3 Å². The van der Waals surface area contributed by atoms with Crippen molar-refractivity contribution in [1.29, 1.82) is 0 Å². The van der Waals surface area contributed by atoms with Crippen LogP contribution in [0.25, 0.3) is 0 Å². The van der Waals surface area contributed by atoms with Gasteiger partial charge in [0.15, 0.2) is 5.79 Å². The van der Waals surface area contributed by atoms with E-state index < -0.39 is 0 Å². The maximum atomic E-state index is 12.3. The third kappa shape index (κ3) is 1.60. The molecule has 3 nitrogen and oxygen atoms in total. The highest BCUT2D eigenvalue weighted by Gasteiger charge is 2.59. The van der Waals surface area contributed by atoms with Crippen LogP contribution in [0.15, 0.2) is 0 Å². The molecule has 0 amide bonds. The maximum absolute atomic E-state index is 12.3. The van der Waals surface area contributed by atoms with Crippen molar-refractivity contribution in [2.45, 2.75) is 58.2 Å². The Labute approximate surface area is 109 Å². The smallest absolute Gasteiger partial charge is 0.171 e. The van der Waals surface area contributed by atoms with Crippen LogP contribution in [0.1, 0.15) is 52.4 Å². The second-order valence-corrected chi connectivity index (χ2v) is 6.36. The van der Waals surface area contributed by atoms with E-state index in [2.05, 4.69) is 13.8 Å². The molecule has 0 N–H and O–H groups in total. The van der Waals surface area contributed by atoms with Crippen LogP contribution in [0, 0.1) is 17.3 Å². The Morgan fingerprint density at radius 2 is 2.00 bits per heavy atom. The van der Waals surface area contributed by atoms with Gasteiger partial charge in [-0.3, -0.25) is 4.79 Å². The fourth-order valence-corrected chi connectivity index (χ4v) is 4.61. The fraction of sp³-hybridized carbons (Fsp3) is 0.933. The van der Waals surface area contributed by atoms with Gasteiger partial charge < -0.3 is 9.47 Å². The Hall–Kier alpha value is -0.410. The predicted octanol–water partition coefficient (Wildman–Crippen LogP) is 2.93. The van der Waals surface area contributed by atoms with Crippen molar-refractivity contribution in [2.24, 2.45) is 17.3 Å². The molecule has 3 heteroatoms. The zero-order valence-electron chi connectivity index (χ0n) is 11.5. The third-order valence-corrected chi connectivity index (χ3v) is 5.63. The normalized spacial score (nSPS) is 43.1. The maximum Gasteiger partial charge on any atom is 0.171 e. The van der Waals surface area contributed by atoms with Gasteiger partial charge in [-0.2, -0.15) is 0 Å². The summed E-state index contributed by atoms with van der Waals surface area (Å²) >= 11 is 0. The summed E-state index contributed by atoms with van der Waals surface area (Å²) in [4.78, 5) is 12.3. The lowest BCUT2D eigenvalue weighted by Crippen LogP contribution is -2.56. The summed E-state index contributed by atoms with van der Waals surface area (Å²) in [5, 5.41) is 0. The second kappa shape index (κ2) is 4.31. The Morgan fingerprint density at radius 3 is 2.67 bits per heavy atom. The molecule has 18 heavy (non-hydrogen) atoms. The summed E-state index contributed by atoms with van der Waals surface area (Å²) in [5.41, 5.74) is -0.112. The Morgan fingerprint density at radius 1 is 1.28 bits per heavy atom. The van der Waals surface area contributed by atoms with Crippen molar-refractivity contribution >= 4 is 5.78 Å². The van der Waals surface area contributed by atoms with Gasteiger partial charge in [-0.1, -0.05) is 13.8 Å². The first-order valence-electron chi connectivity index (χ1n) is 7.43. The van der Waals surface area contributed by atoms with Gasteiger partial charge in [-0.15, -0.1) is 0 Å². The van der Waals surface area contributed by atoms with Gasteiger partial charge in [0.25, 0.3) is 0 Å². The van der Waals surface area contributed by atoms with Crippen LogP contribution in [0.4, 0.5) is 0 Å². The molecular weight excluding hydrogens is 228 g/mol. The molecule has 0 aromatic heterocycles. The van der Waals surface area contributed by atoms with Crippen molar-refractivity contribution in [2.75, 3.05) is 13.2 Å². The summed E-state index contributed by atoms with van der Waals surface area (Å²) in [5.74, 6) is 0.958.